The third kappa shape index (κ3) is 2.53. The summed E-state index contributed by atoms with van der Waals surface area (Å²) in [5.41, 5.74) is 1.91. The monoisotopic (exact) mass is 296 g/mol. The molecule has 100 valence electrons. The van der Waals surface area contributed by atoms with E-state index in [1.165, 1.54) is 17.0 Å². The maximum absolute atomic E-state index is 13.4. The lowest BCUT2D eigenvalue weighted by molar-refractivity contribution is 0.501. The maximum atomic E-state index is 13.4. The molecular weight excluding hydrogens is 283 g/mol. The number of fused-ring (bicyclic) bond motifs is 1. The first-order valence-electron chi connectivity index (χ1n) is 6.30. The van der Waals surface area contributed by atoms with E-state index in [9.17, 15) is 4.39 Å². The van der Waals surface area contributed by atoms with Crippen LogP contribution in [0.25, 0.3) is 10.6 Å². The first-order chi connectivity index (χ1) is 9.17. The number of halogens is 2. The van der Waals surface area contributed by atoms with Gasteiger partial charge in [-0.15, -0.1) is 11.3 Å². The molecule has 0 aliphatic heterocycles. The van der Waals surface area contributed by atoms with Gasteiger partial charge in [0.2, 0.25) is 0 Å². The third-order valence-corrected chi connectivity index (χ3v) is 4.89. The minimum atomic E-state index is -0.319. The normalized spacial score (nSPS) is 18.4. The Bertz CT molecular complexity index is 591. The van der Waals surface area contributed by atoms with E-state index in [4.69, 9.17) is 11.6 Å². The zero-order chi connectivity index (χ0) is 13.4. The van der Waals surface area contributed by atoms with Gasteiger partial charge in [0.1, 0.15) is 10.8 Å². The topological polar surface area (TPSA) is 24.9 Å². The van der Waals surface area contributed by atoms with Gasteiger partial charge in [0, 0.05) is 21.5 Å². The van der Waals surface area contributed by atoms with Crippen molar-refractivity contribution in [2.24, 2.45) is 0 Å². The van der Waals surface area contributed by atoms with Gasteiger partial charge < -0.3 is 5.32 Å². The van der Waals surface area contributed by atoms with E-state index in [0.29, 0.717) is 11.1 Å². The summed E-state index contributed by atoms with van der Waals surface area (Å²) in [6.07, 6.45) is 3.29. The second-order valence-electron chi connectivity index (χ2n) is 4.72. The standard InChI is InChI=1S/C14H14ClFN2S/c1-17-11-3-2-4-12-13(11)19-14(18-12)8-5-9(15)7-10(16)6-8/h5-7,11,17H,2-4H2,1H3. The van der Waals surface area contributed by atoms with Gasteiger partial charge in [-0.05, 0) is 44.5 Å². The number of nitrogens with one attached hydrogen (secondary N) is 1. The minimum absolute atomic E-state index is 0.319. The lowest BCUT2D eigenvalue weighted by Gasteiger charge is -2.19. The molecule has 2 aromatic rings. The third-order valence-electron chi connectivity index (χ3n) is 3.41. The molecule has 0 amide bonds. The summed E-state index contributed by atoms with van der Waals surface area (Å²) in [5.74, 6) is -0.319. The van der Waals surface area contributed by atoms with Gasteiger partial charge in [-0.2, -0.15) is 0 Å². The van der Waals surface area contributed by atoms with E-state index in [0.717, 1.165) is 35.5 Å². The fraction of sp³-hybridized carbons (Fsp3) is 0.357. The highest BCUT2D eigenvalue weighted by molar-refractivity contribution is 7.15. The molecule has 0 bridgehead atoms. The van der Waals surface area contributed by atoms with Gasteiger partial charge in [0.25, 0.3) is 0 Å². The van der Waals surface area contributed by atoms with Crippen molar-refractivity contribution in [2.45, 2.75) is 25.3 Å². The van der Waals surface area contributed by atoms with Crippen LogP contribution < -0.4 is 5.32 Å². The molecule has 2 nitrogen and oxygen atoms in total. The first-order valence-corrected chi connectivity index (χ1v) is 7.50. The van der Waals surface area contributed by atoms with Gasteiger partial charge in [0.15, 0.2) is 0 Å². The second kappa shape index (κ2) is 5.19. The van der Waals surface area contributed by atoms with Gasteiger partial charge in [0.05, 0.1) is 5.69 Å². The molecule has 0 radical (unpaired) electrons. The molecule has 5 heteroatoms. The van der Waals surface area contributed by atoms with E-state index in [2.05, 4.69) is 10.3 Å². The Morgan fingerprint density at radius 1 is 1.42 bits per heavy atom. The fourth-order valence-electron chi connectivity index (χ4n) is 2.50. The molecule has 19 heavy (non-hydrogen) atoms. The number of nitrogens with zero attached hydrogens (tertiary/aromatic N) is 1. The molecule has 1 aromatic heterocycles. The second-order valence-corrected chi connectivity index (χ2v) is 6.19. The van der Waals surface area contributed by atoms with Crippen LogP contribution in [0.1, 0.15) is 29.5 Å². The molecular formula is C14H14ClFN2S. The van der Waals surface area contributed by atoms with Crippen molar-refractivity contribution >= 4 is 22.9 Å². The SMILES string of the molecule is CNC1CCCc2nc(-c3cc(F)cc(Cl)c3)sc21. The highest BCUT2D eigenvalue weighted by Crippen LogP contribution is 2.38. The van der Waals surface area contributed by atoms with Crippen LogP contribution in [0.3, 0.4) is 0 Å². The number of aryl methyl sites for hydroxylation is 1. The van der Waals surface area contributed by atoms with Crippen molar-refractivity contribution < 1.29 is 4.39 Å². The lowest BCUT2D eigenvalue weighted by atomic mass is 9.98. The molecule has 3 rings (SSSR count). The van der Waals surface area contributed by atoms with Gasteiger partial charge in [-0.3, -0.25) is 0 Å². The molecule has 1 unspecified atom stereocenters. The maximum Gasteiger partial charge on any atom is 0.125 e. The molecule has 1 aliphatic carbocycles. The molecule has 1 aliphatic rings. The summed E-state index contributed by atoms with van der Waals surface area (Å²) in [5, 5.41) is 4.58. The van der Waals surface area contributed by atoms with Gasteiger partial charge >= 0.3 is 0 Å². The summed E-state index contributed by atoms with van der Waals surface area (Å²) < 4.78 is 13.4. The Hall–Kier alpha value is -0.970. The zero-order valence-electron chi connectivity index (χ0n) is 10.5. The Kier molecular flexibility index (Phi) is 3.56. The first kappa shape index (κ1) is 13.0. The summed E-state index contributed by atoms with van der Waals surface area (Å²) in [6.45, 7) is 0. The molecule has 1 N–H and O–H groups in total. The molecule has 0 saturated heterocycles. The van der Waals surface area contributed by atoms with Crippen LogP contribution in [-0.2, 0) is 6.42 Å². The Labute approximate surface area is 120 Å². The van der Waals surface area contributed by atoms with Gasteiger partial charge in [-0.25, -0.2) is 9.37 Å². The van der Waals surface area contributed by atoms with E-state index in [-0.39, 0.29) is 5.82 Å². The van der Waals surface area contributed by atoms with E-state index in [1.54, 1.807) is 17.4 Å². The van der Waals surface area contributed by atoms with E-state index < -0.39 is 0 Å². The molecule has 0 saturated carbocycles. The largest absolute Gasteiger partial charge is 0.312 e. The predicted octanol–water partition coefficient (Wildman–Crippen LogP) is 4.20. The van der Waals surface area contributed by atoms with Crippen LogP contribution >= 0.6 is 22.9 Å². The summed E-state index contributed by atoms with van der Waals surface area (Å²) in [4.78, 5) is 5.94. The molecule has 0 spiro atoms. The average Bonchev–Trinajstić information content (AvgIpc) is 2.81. The van der Waals surface area contributed by atoms with Crippen LogP contribution in [0, 0.1) is 5.82 Å². The summed E-state index contributed by atoms with van der Waals surface area (Å²) in [6, 6.07) is 4.95. The van der Waals surface area contributed by atoms with E-state index >= 15 is 0 Å². The number of hydrogen-bond donors (Lipinski definition) is 1. The van der Waals surface area contributed by atoms with Crippen molar-refractivity contribution in [3.63, 3.8) is 0 Å². The van der Waals surface area contributed by atoms with Crippen molar-refractivity contribution in [3.05, 3.63) is 39.6 Å². The van der Waals surface area contributed by atoms with Crippen molar-refractivity contribution in [3.8, 4) is 10.6 Å². The Morgan fingerprint density at radius 3 is 3.00 bits per heavy atom. The number of benzene rings is 1. The highest BCUT2D eigenvalue weighted by atomic mass is 35.5. The van der Waals surface area contributed by atoms with Crippen LogP contribution in [0.2, 0.25) is 5.02 Å². The predicted molar refractivity (Wildman–Crippen MR) is 77.3 cm³/mol. The summed E-state index contributed by atoms with van der Waals surface area (Å²) >= 11 is 7.55. The average molecular weight is 297 g/mol. The smallest absolute Gasteiger partial charge is 0.125 e. The van der Waals surface area contributed by atoms with Crippen LogP contribution in [0.5, 0.6) is 0 Å². The van der Waals surface area contributed by atoms with Crippen molar-refractivity contribution in [2.75, 3.05) is 7.05 Å². The van der Waals surface area contributed by atoms with Crippen molar-refractivity contribution in [1.29, 1.82) is 0 Å². The number of aromatic nitrogens is 1. The van der Waals surface area contributed by atoms with Crippen molar-refractivity contribution in [1.82, 2.24) is 10.3 Å². The Morgan fingerprint density at radius 2 is 2.26 bits per heavy atom. The van der Waals surface area contributed by atoms with Crippen LogP contribution in [0.15, 0.2) is 18.2 Å². The number of thiazole rings is 1. The molecule has 1 heterocycles. The highest BCUT2D eigenvalue weighted by Gasteiger charge is 2.23. The van der Waals surface area contributed by atoms with Crippen LogP contribution in [-0.4, -0.2) is 12.0 Å². The van der Waals surface area contributed by atoms with Crippen LogP contribution in [0.4, 0.5) is 4.39 Å². The zero-order valence-corrected chi connectivity index (χ0v) is 12.1. The lowest BCUT2D eigenvalue weighted by Crippen LogP contribution is -2.19. The molecule has 1 atom stereocenters. The quantitative estimate of drug-likeness (QED) is 0.898. The molecule has 0 fully saturated rings. The number of rotatable bonds is 2. The molecule has 1 aromatic carbocycles. The fourth-order valence-corrected chi connectivity index (χ4v) is 3.96. The number of hydrogen-bond acceptors (Lipinski definition) is 3. The summed E-state index contributed by atoms with van der Waals surface area (Å²) in [7, 11) is 1.97. The Balaban J connectivity index is 2.04. The van der Waals surface area contributed by atoms with E-state index in [1.807, 2.05) is 7.05 Å². The minimum Gasteiger partial charge on any atom is -0.312 e. The van der Waals surface area contributed by atoms with Gasteiger partial charge in [-0.1, -0.05) is 11.6 Å².